The Morgan fingerprint density at radius 1 is 1.33 bits per heavy atom. The number of thiazole rings is 1. The summed E-state index contributed by atoms with van der Waals surface area (Å²) in [7, 11) is 3.87. The molecule has 1 unspecified atom stereocenters. The van der Waals surface area contributed by atoms with Crippen LogP contribution in [0.25, 0.3) is 9.53 Å². The second kappa shape index (κ2) is 7.06. The SMILES string of the molecule is CC(OC(=O)c1cc2sc(N(C)C)nc2s1)C(=O)NC1CCCC1. The van der Waals surface area contributed by atoms with Crippen molar-refractivity contribution in [3.8, 4) is 0 Å². The first-order chi connectivity index (χ1) is 11.4. The minimum Gasteiger partial charge on any atom is -0.448 e. The molecule has 0 spiro atoms. The van der Waals surface area contributed by atoms with Gasteiger partial charge in [-0.3, -0.25) is 4.79 Å². The van der Waals surface area contributed by atoms with Gasteiger partial charge in [0, 0.05) is 20.1 Å². The molecule has 1 aliphatic rings. The molecule has 0 saturated heterocycles. The standard InChI is InChI=1S/C16H21N3O3S2/c1-9(13(20)17-10-6-4-5-7-10)22-15(21)12-8-11-14(23-12)18-16(24-11)19(2)3/h8-10H,4-7H2,1-3H3,(H,17,20). The number of amides is 1. The Morgan fingerprint density at radius 3 is 2.67 bits per heavy atom. The van der Waals surface area contributed by atoms with Crippen molar-refractivity contribution >= 4 is 49.2 Å². The summed E-state index contributed by atoms with van der Waals surface area (Å²) < 4.78 is 6.27. The summed E-state index contributed by atoms with van der Waals surface area (Å²) in [5.74, 6) is -0.688. The van der Waals surface area contributed by atoms with E-state index in [2.05, 4.69) is 10.3 Å². The van der Waals surface area contributed by atoms with Crippen LogP contribution < -0.4 is 10.2 Å². The molecule has 130 valence electrons. The van der Waals surface area contributed by atoms with E-state index in [0.29, 0.717) is 4.88 Å². The third-order valence-corrected chi connectivity index (χ3v) is 6.32. The van der Waals surface area contributed by atoms with Crippen molar-refractivity contribution in [2.75, 3.05) is 19.0 Å². The van der Waals surface area contributed by atoms with Gasteiger partial charge in [0.2, 0.25) is 0 Å². The van der Waals surface area contributed by atoms with Gasteiger partial charge in [-0.2, -0.15) is 0 Å². The van der Waals surface area contributed by atoms with Crippen molar-refractivity contribution in [1.82, 2.24) is 10.3 Å². The van der Waals surface area contributed by atoms with Crippen LogP contribution in [0.5, 0.6) is 0 Å². The Bertz CT molecular complexity index is 715. The summed E-state index contributed by atoms with van der Waals surface area (Å²) >= 11 is 2.82. The zero-order chi connectivity index (χ0) is 17.3. The first-order valence-electron chi connectivity index (χ1n) is 8.03. The molecule has 1 saturated carbocycles. The van der Waals surface area contributed by atoms with Crippen molar-refractivity contribution < 1.29 is 14.3 Å². The van der Waals surface area contributed by atoms with Gasteiger partial charge in [-0.05, 0) is 25.8 Å². The van der Waals surface area contributed by atoms with Crippen molar-refractivity contribution in [3.05, 3.63) is 10.9 Å². The molecule has 1 fully saturated rings. The van der Waals surface area contributed by atoms with Gasteiger partial charge >= 0.3 is 5.97 Å². The molecule has 6 nitrogen and oxygen atoms in total. The van der Waals surface area contributed by atoms with E-state index >= 15 is 0 Å². The van der Waals surface area contributed by atoms with Gasteiger partial charge in [0.15, 0.2) is 11.2 Å². The van der Waals surface area contributed by atoms with E-state index in [1.54, 1.807) is 13.0 Å². The van der Waals surface area contributed by atoms with Gasteiger partial charge in [0.05, 0.1) is 4.70 Å². The smallest absolute Gasteiger partial charge is 0.349 e. The number of nitrogens with zero attached hydrogens (tertiary/aromatic N) is 2. The molecular formula is C16H21N3O3S2. The second-order valence-electron chi connectivity index (χ2n) is 6.21. The predicted molar refractivity (Wildman–Crippen MR) is 97.1 cm³/mol. The maximum absolute atomic E-state index is 12.3. The van der Waals surface area contributed by atoms with E-state index in [9.17, 15) is 9.59 Å². The Kier molecular flexibility index (Phi) is 5.05. The van der Waals surface area contributed by atoms with Gasteiger partial charge in [-0.1, -0.05) is 24.2 Å². The van der Waals surface area contributed by atoms with Crippen LogP contribution in [-0.4, -0.2) is 43.1 Å². The number of thiophene rings is 1. The topological polar surface area (TPSA) is 71.5 Å². The predicted octanol–water partition coefficient (Wildman–Crippen LogP) is 3.03. The van der Waals surface area contributed by atoms with Gasteiger partial charge in [0.1, 0.15) is 9.71 Å². The summed E-state index contributed by atoms with van der Waals surface area (Å²) in [5, 5.41) is 3.85. The van der Waals surface area contributed by atoms with Crippen LogP contribution in [-0.2, 0) is 9.53 Å². The highest BCUT2D eigenvalue weighted by molar-refractivity contribution is 7.29. The van der Waals surface area contributed by atoms with Crippen LogP contribution in [0, 0.1) is 0 Å². The van der Waals surface area contributed by atoms with Crippen LogP contribution in [0.4, 0.5) is 5.13 Å². The highest BCUT2D eigenvalue weighted by Crippen LogP contribution is 2.34. The second-order valence-corrected chi connectivity index (χ2v) is 8.25. The Labute approximate surface area is 148 Å². The molecule has 1 atom stereocenters. The molecule has 3 rings (SSSR count). The van der Waals surface area contributed by atoms with Crippen LogP contribution in [0.2, 0.25) is 0 Å². The number of fused-ring (bicyclic) bond motifs is 1. The summed E-state index contributed by atoms with van der Waals surface area (Å²) in [4.78, 5) is 32.1. The quantitative estimate of drug-likeness (QED) is 0.823. The van der Waals surface area contributed by atoms with Crippen molar-refractivity contribution in [2.24, 2.45) is 0 Å². The molecule has 2 heterocycles. The maximum atomic E-state index is 12.3. The lowest BCUT2D eigenvalue weighted by atomic mass is 10.2. The molecule has 2 aromatic rings. The average molecular weight is 367 g/mol. The largest absolute Gasteiger partial charge is 0.448 e. The number of nitrogens with one attached hydrogen (secondary N) is 1. The molecule has 8 heteroatoms. The van der Waals surface area contributed by atoms with Crippen LogP contribution >= 0.6 is 22.7 Å². The third-order valence-electron chi connectivity index (χ3n) is 4.02. The zero-order valence-electron chi connectivity index (χ0n) is 14.0. The third kappa shape index (κ3) is 3.70. The van der Waals surface area contributed by atoms with Crippen molar-refractivity contribution in [1.29, 1.82) is 0 Å². The summed E-state index contributed by atoms with van der Waals surface area (Å²) in [6, 6.07) is 2.01. The van der Waals surface area contributed by atoms with E-state index in [1.807, 2.05) is 19.0 Å². The monoisotopic (exact) mass is 367 g/mol. The molecule has 1 amide bonds. The van der Waals surface area contributed by atoms with Crippen LogP contribution in [0.3, 0.4) is 0 Å². The lowest BCUT2D eigenvalue weighted by Crippen LogP contribution is -2.40. The van der Waals surface area contributed by atoms with E-state index in [1.165, 1.54) is 22.7 Å². The lowest BCUT2D eigenvalue weighted by molar-refractivity contribution is -0.129. The van der Waals surface area contributed by atoms with Crippen LogP contribution in [0.15, 0.2) is 6.07 Å². The van der Waals surface area contributed by atoms with E-state index in [-0.39, 0.29) is 11.9 Å². The fourth-order valence-electron chi connectivity index (χ4n) is 2.68. The molecule has 0 radical (unpaired) electrons. The molecular weight excluding hydrogens is 346 g/mol. The molecule has 0 aliphatic heterocycles. The Balaban J connectivity index is 1.61. The maximum Gasteiger partial charge on any atom is 0.349 e. The van der Waals surface area contributed by atoms with E-state index in [0.717, 1.165) is 40.3 Å². The molecule has 1 aliphatic carbocycles. The number of hydrogen-bond acceptors (Lipinski definition) is 7. The number of ether oxygens (including phenoxy) is 1. The minimum atomic E-state index is -0.788. The number of carbonyl (C=O) groups excluding carboxylic acids is 2. The number of hydrogen-bond donors (Lipinski definition) is 1. The summed E-state index contributed by atoms with van der Waals surface area (Å²) in [6.45, 7) is 1.61. The van der Waals surface area contributed by atoms with Gasteiger partial charge in [0.25, 0.3) is 5.91 Å². The van der Waals surface area contributed by atoms with Crippen molar-refractivity contribution in [3.63, 3.8) is 0 Å². The normalized spacial score (nSPS) is 16.3. The number of esters is 1. The van der Waals surface area contributed by atoms with E-state index < -0.39 is 12.1 Å². The number of aromatic nitrogens is 1. The van der Waals surface area contributed by atoms with Crippen molar-refractivity contribution in [2.45, 2.75) is 44.8 Å². The molecule has 0 aromatic carbocycles. The highest BCUT2D eigenvalue weighted by Gasteiger charge is 2.24. The molecule has 0 bridgehead atoms. The van der Waals surface area contributed by atoms with Crippen LogP contribution in [0.1, 0.15) is 42.3 Å². The van der Waals surface area contributed by atoms with Gasteiger partial charge in [-0.15, -0.1) is 11.3 Å². The van der Waals surface area contributed by atoms with Gasteiger partial charge < -0.3 is 15.0 Å². The molecule has 2 aromatic heterocycles. The summed E-state index contributed by atoms with van der Waals surface area (Å²) in [6.07, 6.45) is 3.52. The molecule has 1 N–H and O–H groups in total. The first-order valence-corrected chi connectivity index (χ1v) is 9.66. The zero-order valence-corrected chi connectivity index (χ0v) is 15.6. The lowest BCUT2D eigenvalue weighted by Gasteiger charge is -2.16. The average Bonchev–Trinajstić information content (AvgIpc) is 3.21. The Morgan fingerprint density at radius 2 is 2.04 bits per heavy atom. The van der Waals surface area contributed by atoms with E-state index in [4.69, 9.17) is 4.74 Å². The molecule has 24 heavy (non-hydrogen) atoms. The number of carbonyl (C=O) groups is 2. The number of anilines is 1. The fraction of sp³-hybridized carbons (Fsp3) is 0.562. The fourth-order valence-corrected chi connectivity index (χ4v) is 4.69. The Hall–Kier alpha value is -1.67. The summed E-state index contributed by atoms with van der Waals surface area (Å²) in [5.41, 5.74) is 0. The van der Waals surface area contributed by atoms with Gasteiger partial charge in [-0.25, -0.2) is 9.78 Å². The number of rotatable bonds is 5. The minimum absolute atomic E-state index is 0.221. The highest BCUT2D eigenvalue weighted by atomic mass is 32.1. The first kappa shape index (κ1) is 17.2.